The van der Waals surface area contributed by atoms with Crippen molar-refractivity contribution in [3.05, 3.63) is 23.9 Å². The first-order valence-electron chi connectivity index (χ1n) is 6.97. The molecule has 1 heterocycles. The van der Waals surface area contributed by atoms with Crippen molar-refractivity contribution in [2.45, 2.75) is 39.2 Å². The number of carbonyl (C=O) groups is 1. The van der Waals surface area contributed by atoms with Gasteiger partial charge >= 0.3 is 5.97 Å². The van der Waals surface area contributed by atoms with Gasteiger partial charge in [0, 0.05) is 12.2 Å². The van der Waals surface area contributed by atoms with Crippen LogP contribution in [0, 0.1) is 11.8 Å². The van der Waals surface area contributed by atoms with E-state index in [0.717, 1.165) is 12.3 Å². The molecule has 0 radical (unpaired) electrons. The molecule has 2 rings (SSSR count). The Labute approximate surface area is 114 Å². The summed E-state index contributed by atoms with van der Waals surface area (Å²) in [5, 5.41) is 3.43. The van der Waals surface area contributed by atoms with E-state index in [9.17, 15) is 4.79 Å². The van der Waals surface area contributed by atoms with Crippen LogP contribution in [0.1, 0.15) is 43.5 Å². The molecule has 1 fully saturated rings. The molecule has 1 saturated carbocycles. The zero-order chi connectivity index (χ0) is 13.8. The average molecular weight is 262 g/mol. The fraction of sp³-hybridized carbons (Fsp3) is 0.600. The Balaban J connectivity index is 2.14. The van der Waals surface area contributed by atoms with Crippen LogP contribution in [0.25, 0.3) is 0 Å². The molecule has 0 bridgehead atoms. The highest BCUT2D eigenvalue weighted by Crippen LogP contribution is 2.35. The minimum atomic E-state index is -0.340. The Morgan fingerprint density at radius 3 is 2.95 bits per heavy atom. The molecule has 0 saturated heterocycles. The van der Waals surface area contributed by atoms with E-state index >= 15 is 0 Å². The van der Waals surface area contributed by atoms with Crippen LogP contribution in [0.4, 0.5) is 5.82 Å². The van der Waals surface area contributed by atoms with Gasteiger partial charge in [0.2, 0.25) is 0 Å². The number of nitrogens with zero attached hydrogens (tertiary/aromatic N) is 1. The Morgan fingerprint density at radius 2 is 2.32 bits per heavy atom. The molecular weight excluding hydrogens is 240 g/mol. The molecule has 4 nitrogen and oxygen atoms in total. The number of rotatable bonds is 4. The number of esters is 1. The zero-order valence-electron chi connectivity index (χ0n) is 11.8. The van der Waals surface area contributed by atoms with Crippen LogP contribution in [0.15, 0.2) is 18.3 Å². The van der Waals surface area contributed by atoms with Gasteiger partial charge in [-0.3, -0.25) is 0 Å². The van der Waals surface area contributed by atoms with Gasteiger partial charge in [-0.25, -0.2) is 9.78 Å². The van der Waals surface area contributed by atoms with Crippen LogP contribution in [0.2, 0.25) is 0 Å². The summed E-state index contributed by atoms with van der Waals surface area (Å²) in [5.74, 6) is 1.68. The van der Waals surface area contributed by atoms with Crippen molar-refractivity contribution in [2.24, 2.45) is 11.8 Å². The first kappa shape index (κ1) is 13.8. The molecule has 1 aliphatic carbocycles. The Bertz CT molecular complexity index is 448. The predicted octanol–water partition coefficient (Wildman–Crippen LogP) is 3.10. The zero-order valence-corrected chi connectivity index (χ0v) is 11.8. The minimum Gasteiger partial charge on any atom is -0.465 e. The summed E-state index contributed by atoms with van der Waals surface area (Å²) in [4.78, 5) is 16.0. The maximum absolute atomic E-state index is 11.7. The summed E-state index contributed by atoms with van der Waals surface area (Å²) in [6.45, 7) is 4.52. The highest BCUT2D eigenvalue weighted by atomic mass is 16.5. The lowest BCUT2D eigenvalue weighted by Crippen LogP contribution is -2.26. The highest BCUT2D eigenvalue weighted by molar-refractivity contribution is 5.94. The van der Waals surface area contributed by atoms with Crippen molar-refractivity contribution in [1.29, 1.82) is 0 Å². The number of carbonyl (C=O) groups excluding carboxylic acids is 1. The Morgan fingerprint density at radius 1 is 1.53 bits per heavy atom. The van der Waals surface area contributed by atoms with E-state index in [1.165, 1.54) is 20.0 Å². The van der Waals surface area contributed by atoms with Crippen LogP contribution in [0.5, 0.6) is 0 Å². The fourth-order valence-electron chi connectivity index (χ4n) is 3.00. The highest BCUT2D eigenvalue weighted by Gasteiger charge is 2.32. The van der Waals surface area contributed by atoms with E-state index < -0.39 is 0 Å². The molecule has 0 spiro atoms. The predicted molar refractivity (Wildman–Crippen MR) is 75.2 cm³/mol. The monoisotopic (exact) mass is 262 g/mol. The molecular formula is C15H22N2O2. The van der Waals surface area contributed by atoms with E-state index in [0.29, 0.717) is 23.3 Å². The SMILES string of the molecule is CCC1CCC(Nc2ncccc2C(=O)OC)C1C. The van der Waals surface area contributed by atoms with E-state index in [4.69, 9.17) is 4.74 Å². The van der Waals surface area contributed by atoms with Crippen molar-refractivity contribution < 1.29 is 9.53 Å². The van der Waals surface area contributed by atoms with E-state index in [-0.39, 0.29) is 5.97 Å². The second-order valence-electron chi connectivity index (χ2n) is 5.25. The molecule has 4 heteroatoms. The van der Waals surface area contributed by atoms with Gasteiger partial charge < -0.3 is 10.1 Å². The summed E-state index contributed by atoms with van der Waals surface area (Å²) in [6, 6.07) is 3.89. The van der Waals surface area contributed by atoms with Crippen LogP contribution in [0.3, 0.4) is 0 Å². The fourth-order valence-corrected chi connectivity index (χ4v) is 3.00. The van der Waals surface area contributed by atoms with Crippen LogP contribution < -0.4 is 5.32 Å². The molecule has 0 aromatic carbocycles. The molecule has 19 heavy (non-hydrogen) atoms. The van der Waals surface area contributed by atoms with Gasteiger partial charge in [-0.2, -0.15) is 0 Å². The molecule has 104 valence electrons. The van der Waals surface area contributed by atoms with Crippen molar-refractivity contribution >= 4 is 11.8 Å². The Kier molecular flexibility index (Phi) is 4.40. The van der Waals surface area contributed by atoms with E-state index in [1.54, 1.807) is 18.3 Å². The second kappa shape index (κ2) is 6.04. The van der Waals surface area contributed by atoms with Crippen molar-refractivity contribution in [3.63, 3.8) is 0 Å². The third-order valence-corrected chi connectivity index (χ3v) is 4.29. The molecule has 3 atom stereocenters. The van der Waals surface area contributed by atoms with Gasteiger partial charge in [-0.05, 0) is 36.8 Å². The molecule has 1 aliphatic rings. The van der Waals surface area contributed by atoms with Crippen LogP contribution in [-0.2, 0) is 4.74 Å². The number of hydrogen-bond donors (Lipinski definition) is 1. The summed E-state index contributed by atoms with van der Waals surface area (Å²) < 4.78 is 4.79. The molecule has 0 aliphatic heterocycles. The van der Waals surface area contributed by atoms with Gasteiger partial charge in [-0.1, -0.05) is 20.3 Å². The van der Waals surface area contributed by atoms with E-state index in [1.807, 2.05) is 0 Å². The largest absolute Gasteiger partial charge is 0.465 e. The van der Waals surface area contributed by atoms with Crippen molar-refractivity contribution in [2.75, 3.05) is 12.4 Å². The molecule has 1 aromatic heterocycles. The number of methoxy groups -OCH3 is 1. The quantitative estimate of drug-likeness (QED) is 0.847. The first-order chi connectivity index (χ1) is 9.17. The standard InChI is InChI=1S/C15H22N2O2/c1-4-11-7-8-13(10(11)2)17-14-12(15(18)19-3)6-5-9-16-14/h5-6,9-11,13H,4,7-8H2,1-3H3,(H,16,17). The number of aromatic nitrogens is 1. The van der Waals surface area contributed by atoms with Gasteiger partial charge in [-0.15, -0.1) is 0 Å². The lowest BCUT2D eigenvalue weighted by atomic mass is 9.93. The number of anilines is 1. The number of nitrogens with one attached hydrogen (secondary N) is 1. The summed E-state index contributed by atoms with van der Waals surface area (Å²) in [7, 11) is 1.39. The van der Waals surface area contributed by atoms with Crippen LogP contribution >= 0.6 is 0 Å². The summed E-state index contributed by atoms with van der Waals surface area (Å²) in [5.41, 5.74) is 0.511. The van der Waals surface area contributed by atoms with Gasteiger partial charge in [0.05, 0.1) is 7.11 Å². The average Bonchev–Trinajstić information content (AvgIpc) is 2.79. The molecule has 1 aromatic rings. The number of ether oxygens (including phenoxy) is 1. The molecule has 0 amide bonds. The molecule has 1 N–H and O–H groups in total. The summed E-state index contributed by atoms with van der Waals surface area (Å²) >= 11 is 0. The maximum Gasteiger partial charge on any atom is 0.341 e. The lowest BCUT2D eigenvalue weighted by Gasteiger charge is -2.22. The number of hydrogen-bond acceptors (Lipinski definition) is 4. The number of pyridine rings is 1. The van der Waals surface area contributed by atoms with Crippen molar-refractivity contribution in [3.8, 4) is 0 Å². The maximum atomic E-state index is 11.7. The van der Waals surface area contributed by atoms with Crippen LogP contribution in [-0.4, -0.2) is 24.1 Å². The minimum absolute atomic E-state index is 0.340. The molecule has 3 unspecified atom stereocenters. The topological polar surface area (TPSA) is 51.2 Å². The van der Waals surface area contributed by atoms with Gasteiger partial charge in [0.15, 0.2) is 0 Å². The third kappa shape index (κ3) is 2.88. The third-order valence-electron chi connectivity index (χ3n) is 4.29. The Hall–Kier alpha value is -1.58. The van der Waals surface area contributed by atoms with Gasteiger partial charge in [0.1, 0.15) is 11.4 Å². The first-order valence-corrected chi connectivity index (χ1v) is 6.97. The smallest absolute Gasteiger partial charge is 0.341 e. The van der Waals surface area contributed by atoms with E-state index in [2.05, 4.69) is 24.1 Å². The normalized spacial score (nSPS) is 26.2. The lowest BCUT2D eigenvalue weighted by molar-refractivity contribution is 0.0601. The summed E-state index contributed by atoms with van der Waals surface area (Å²) in [6.07, 6.45) is 5.30. The second-order valence-corrected chi connectivity index (χ2v) is 5.25. The van der Waals surface area contributed by atoms with Crippen molar-refractivity contribution in [1.82, 2.24) is 4.98 Å². The van der Waals surface area contributed by atoms with Gasteiger partial charge in [0.25, 0.3) is 0 Å².